The summed E-state index contributed by atoms with van der Waals surface area (Å²) in [6.45, 7) is 3.39. The summed E-state index contributed by atoms with van der Waals surface area (Å²) in [6, 6.07) is 4.69. The predicted molar refractivity (Wildman–Crippen MR) is 77.3 cm³/mol. The average Bonchev–Trinajstić information content (AvgIpc) is 2.66. The minimum Gasteiger partial charge on any atom is -0.477 e. The van der Waals surface area contributed by atoms with E-state index in [0.29, 0.717) is 11.1 Å². The molecule has 1 heterocycles. The van der Waals surface area contributed by atoms with Crippen molar-refractivity contribution in [3.8, 4) is 10.4 Å². The molecule has 7 heteroatoms. The maximum absolute atomic E-state index is 11.1. The Morgan fingerprint density at radius 3 is 2.50 bits per heavy atom. The molecule has 0 aliphatic carbocycles. The van der Waals surface area contributed by atoms with Crippen LogP contribution in [0.25, 0.3) is 10.4 Å². The first kappa shape index (κ1) is 14.0. The fraction of sp³-hybridized carbons (Fsp3) is 0.154. The summed E-state index contributed by atoms with van der Waals surface area (Å²) in [4.78, 5) is 22.2. The number of rotatable bonds is 3. The van der Waals surface area contributed by atoms with Crippen LogP contribution in [0, 0.1) is 24.0 Å². The number of nitrogen functional groups attached to an aromatic ring is 1. The number of aromatic carboxylic acids is 1. The quantitative estimate of drug-likeness (QED) is 0.667. The van der Waals surface area contributed by atoms with Gasteiger partial charge in [-0.2, -0.15) is 0 Å². The summed E-state index contributed by atoms with van der Waals surface area (Å²) < 4.78 is 0. The molecule has 1 aromatic carbocycles. The lowest BCUT2D eigenvalue weighted by Gasteiger charge is -2.03. The first-order valence-corrected chi connectivity index (χ1v) is 6.52. The van der Waals surface area contributed by atoms with Crippen molar-refractivity contribution in [2.75, 3.05) is 5.73 Å². The number of nitrogens with two attached hydrogens (primary N) is 1. The molecule has 0 saturated carbocycles. The number of carbonyl (C=O) groups is 1. The number of nitro groups is 1. The SMILES string of the molecule is Cc1cc(-c2sc(C(=O)O)c(N)c2C)ccc1[N+](=O)[O-]. The number of anilines is 1. The fourth-order valence-electron chi connectivity index (χ4n) is 1.96. The van der Waals surface area contributed by atoms with Gasteiger partial charge < -0.3 is 10.8 Å². The Bertz CT molecular complexity index is 721. The number of benzene rings is 1. The highest BCUT2D eigenvalue weighted by atomic mass is 32.1. The lowest BCUT2D eigenvalue weighted by molar-refractivity contribution is -0.385. The molecular formula is C13H12N2O4S. The van der Waals surface area contributed by atoms with Gasteiger partial charge in [-0.25, -0.2) is 4.79 Å². The van der Waals surface area contributed by atoms with E-state index in [9.17, 15) is 14.9 Å². The van der Waals surface area contributed by atoms with Crippen molar-refractivity contribution in [1.82, 2.24) is 0 Å². The smallest absolute Gasteiger partial charge is 0.348 e. The second-order valence-corrected chi connectivity index (χ2v) is 5.38. The van der Waals surface area contributed by atoms with Crippen LogP contribution in [0.2, 0.25) is 0 Å². The summed E-state index contributed by atoms with van der Waals surface area (Å²) in [7, 11) is 0. The van der Waals surface area contributed by atoms with Crippen molar-refractivity contribution in [3.63, 3.8) is 0 Å². The fourth-order valence-corrected chi connectivity index (χ4v) is 3.02. The van der Waals surface area contributed by atoms with Gasteiger partial charge in [0.25, 0.3) is 5.69 Å². The standard InChI is InChI=1S/C13H12N2O4S/c1-6-5-8(3-4-9(6)15(18)19)11-7(2)10(14)12(20-11)13(16)17/h3-5H,14H2,1-2H3,(H,16,17). The molecule has 0 atom stereocenters. The van der Waals surface area contributed by atoms with Crippen molar-refractivity contribution >= 4 is 28.7 Å². The highest BCUT2D eigenvalue weighted by Gasteiger charge is 2.20. The molecular weight excluding hydrogens is 280 g/mol. The molecule has 6 nitrogen and oxygen atoms in total. The maximum Gasteiger partial charge on any atom is 0.348 e. The predicted octanol–water partition coefficient (Wildman–Crippen LogP) is 3.22. The third-order valence-electron chi connectivity index (χ3n) is 3.04. The highest BCUT2D eigenvalue weighted by Crippen LogP contribution is 2.39. The third-order valence-corrected chi connectivity index (χ3v) is 4.39. The molecule has 0 aliphatic heterocycles. The molecule has 0 spiro atoms. The molecule has 20 heavy (non-hydrogen) atoms. The van der Waals surface area contributed by atoms with E-state index in [-0.39, 0.29) is 16.3 Å². The first-order valence-electron chi connectivity index (χ1n) is 5.70. The number of carboxylic acid groups (broad SMARTS) is 1. The van der Waals surface area contributed by atoms with Crippen LogP contribution in [-0.2, 0) is 0 Å². The molecule has 0 unspecified atom stereocenters. The number of nitro benzene ring substituents is 1. The van der Waals surface area contributed by atoms with Crippen molar-refractivity contribution in [1.29, 1.82) is 0 Å². The van der Waals surface area contributed by atoms with Gasteiger partial charge in [-0.15, -0.1) is 11.3 Å². The van der Waals surface area contributed by atoms with Gasteiger partial charge in [0.05, 0.1) is 10.6 Å². The molecule has 1 aromatic heterocycles. The minimum atomic E-state index is -1.07. The maximum atomic E-state index is 11.1. The highest BCUT2D eigenvalue weighted by molar-refractivity contribution is 7.18. The van der Waals surface area contributed by atoms with Gasteiger partial charge in [-0.1, -0.05) is 0 Å². The van der Waals surface area contributed by atoms with Crippen LogP contribution in [0.15, 0.2) is 18.2 Å². The average molecular weight is 292 g/mol. The Morgan fingerprint density at radius 2 is 2.05 bits per heavy atom. The van der Waals surface area contributed by atoms with E-state index in [1.165, 1.54) is 6.07 Å². The zero-order chi connectivity index (χ0) is 15.0. The van der Waals surface area contributed by atoms with Gasteiger partial charge >= 0.3 is 5.97 Å². The first-order chi connectivity index (χ1) is 9.32. The number of aryl methyl sites for hydroxylation is 1. The molecule has 0 bridgehead atoms. The van der Waals surface area contributed by atoms with E-state index >= 15 is 0 Å². The molecule has 3 N–H and O–H groups in total. The van der Waals surface area contributed by atoms with Crippen LogP contribution < -0.4 is 5.73 Å². The molecule has 2 aromatic rings. The molecule has 0 fully saturated rings. The second-order valence-electron chi connectivity index (χ2n) is 4.36. The van der Waals surface area contributed by atoms with Gasteiger partial charge in [0, 0.05) is 16.5 Å². The zero-order valence-corrected chi connectivity index (χ0v) is 11.7. The van der Waals surface area contributed by atoms with Crippen LogP contribution in [0.5, 0.6) is 0 Å². The van der Waals surface area contributed by atoms with Gasteiger partial charge in [-0.05, 0) is 37.1 Å². The van der Waals surface area contributed by atoms with E-state index in [1.807, 2.05) is 0 Å². The molecule has 0 amide bonds. The lowest BCUT2D eigenvalue weighted by Crippen LogP contribution is -1.97. The number of nitrogens with zero attached hydrogens (tertiary/aromatic N) is 1. The zero-order valence-electron chi connectivity index (χ0n) is 10.8. The van der Waals surface area contributed by atoms with Gasteiger partial charge in [0.1, 0.15) is 4.88 Å². The van der Waals surface area contributed by atoms with Crippen molar-refractivity contribution in [2.24, 2.45) is 0 Å². The number of carboxylic acids is 1. The Balaban J connectivity index is 2.58. The number of thiophene rings is 1. The number of hydrogen-bond donors (Lipinski definition) is 2. The van der Waals surface area contributed by atoms with Crippen molar-refractivity contribution < 1.29 is 14.8 Å². The van der Waals surface area contributed by atoms with E-state index in [0.717, 1.165) is 21.8 Å². The van der Waals surface area contributed by atoms with E-state index in [4.69, 9.17) is 10.8 Å². The lowest BCUT2D eigenvalue weighted by atomic mass is 10.1. The van der Waals surface area contributed by atoms with Crippen LogP contribution in [0.3, 0.4) is 0 Å². The summed E-state index contributed by atoms with van der Waals surface area (Å²) in [5, 5.41) is 19.9. The minimum absolute atomic E-state index is 0.0365. The van der Waals surface area contributed by atoms with Crippen molar-refractivity contribution in [3.05, 3.63) is 44.3 Å². The van der Waals surface area contributed by atoms with E-state index < -0.39 is 10.9 Å². The third kappa shape index (κ3) is 2.23. The summed E-state index contributed by atoms with van der Waals surface area (Å²) >= 11 is 1.08. The van der Waals surface area contributed by atoms with Crippen LogP contribution in [0.1, 0.15) is 20.8 Å². The van der Waals surface area contributed by atoms with Crippen LogP contribution in [-0.4, -0.2) is 16.0 Å². The Hall–Kier alpha value is -2.41. The monoisotopic (exact) mass is 292 g/mol. The largest absolute Gasteiger partial charge is 0.477 e. The Labute approximate surface area is 118 Å². The van der Waals surface area contributed by atoms with Crippen molar-refractivity contribution in [2.45, 2.75) is 13.8 Å². The molecule has 2 rings (SSSR count). The summed E-state index contributed by atoms with van der Waals surface area (Å²) in [6.07, 6.45) is 0. The molecule has 0 radical (unpaired) electrons. The number of hydrogen-bond acceptors (Lipinski definition) is 5. The van der Waals surface area contributed by atoms with Crippen LogP contribution >= 0.6 is 11.3 Å². The molecule has 104 valence electrons. The van der Waals surface area contributed by atoms with E-state index in [1.54, 1.807) is 26.0 Å². The molecule has 0 saturated heterocycles. The summed E-state index contributed by atoms with van der Waals surface area (Å²) in [5.41, 5.74) is 8.00. The summed E-state index contributed by atoms with van der Waals surface area (Å²) in [5.74, 6) is -1.07. The second kappa shape index (κ2) is 4.93. The Kier molecular flexibility index (Phi) is 3.46. The normalized spacial score (nSPS) is 10.5. The van der Waals surface area contributed by atoms with Gasteiger partial charge in [0.2, 0.25) is 0 Å². The Morgan fingerprint density at radius 1 is 1.40 bits per heavy atom. The molecule has 0 aliphatic rings. The topological polar surface area (TPSA) is 106 Å². The van der Waals surface area contributed by atoms with E-state index in [2.05, 4.69) is 0 Å². The van der Waals surface area contributed by atoms with Crippen LogP contribution in [0.4, 0.5) is 11.4 Å². The van der Waals surface area contributed by atoms with Gasteiger partial charge in [-0.3, -0.25) is 10.1 Å². The van der Waals surface area contributed by atoms with Gasteiger partial charge in [0.15, 0.2) is 0 Å².